The molecule has 1 aromatic rings. The van der Waals surface area contributed by atoms with Gasteiger partial charge in [-0.05, 0) is 19.4 Å². The molecule has 0 unspecified atom stereocenters. The highest BCUT2D eigenvalue weighted by atomic mass is 16.4. The number of carboxylic acid groups (broad SMARTS) is 1. The van der Waals surface area contributed by atoms with Crippen LogP contribution in [0, 0.1) is 0 Å². The highest BCUT2D eigenvalue weighted by molar-refractivity contribution is 6.07. The van der Waals surface area contributed by atoms with Gasteiger partial charge in [-0.15, -0.1) is 0 Å². The Morgan fingerprint density at radius 2 is 1.88 bits per heavy atom. The van der Waals surface area contributed by atoms with Crippen molar-refractivity contribution in [1.82, 2.24) is 15.5 Å². The van der Waals surface area contributed by atoms with Crippen LogP contribution in [0.4, 0.5) is 4.79 Å². The molecule has 1 atom stereocenters. The molecule has 0 aliphatic carbocycles. The first-order valence-corrected chi connectivity index (χ1v) is 7.41. The van der Waals surface area contributed by atoms with Crippen molar-refractivity contribution in [2.75, 3.05) is 6.54 Å². The Kier molecular flexibility index (Phi) is 4.87. The van der Waals surface area contributed by atoms with Crippen molar-refractivity contribution in [3.63, 3.8) is 0 Å². The van der Waals surface area contributed by atoms with Crippen molar-refractivity contribution in [2.45, 2.75) is 31.8 Å². The van der Waals surface area contributed by atoms with Crippen LogP contribution in [0.2, 0.25) is 0 Å². The van der Waals surface area contributed by atoms with E-state index in [2.05, 4.69) is 10.6 Å². The molecule has 1 aromatic carbocycles. The zero-order valence-corrected chi connectivity index (χ0v) is 13.4. The van der Waals surface area contributed by atoms with Crippen molar-refractivity contribution < 1.29 is 24.3 Å². The number of rotatable bonds is 6. The fourth-order valence-electron chi connectivity index (χ4n) is 2.40. The molecule has 0 saturated carbocycles. The first-order valence-electron chi connectivity index (χ1n) is 7.41. The molecule has 128 valence electrons. The molecule has 1 aliphatic rings. The van der Waals surface area contributed by atoms with Crippen LogP contribution in [0.3, 0.4) is 0 Å². The quantitative estimate of drug-likeness (QED) is 0.640. The second kappa shape index (κ2) is 6.69. The van der Waals surface area contributed by atoms with Crippen LogP contribution in [0.5, 0.6) is 0 Å². The third-order valence-corrected chi connectivity index (χ3v) is 3.91. The van der Waals surface area contributed by atoms with E-state index in [4.69, 9.17) is 0 Å². The monoisotopic (exact) mass is 333 g/mol. The molecular weight excluding hydrogens is 314 g/mol. The summed E-state index contributed by atoms with van der Waals surface area (Å²) < 4.78 is 0. The van der Waals surface area contributed by atoms with Crippen LogP contribution in [0.25, 0.3) is 0 Å². The molecule has 0 aromatic heterocycles. The minimum Gasteiger partial charge on any atom is -0.480 e. The fourth-order valence-corrected chi connectivity index (χ4v) is 2.40. The molecule has 1 heterocycles. The lowest BCUT2D eigenvalue weighted by Crippen LogP contribution is -2.51. The van der Waals surface area contributed by atoms with Crippen molar-refractivity contribution in [1.29, 1.82) is 0 Å². The Bertz CT molecular complexity index is 672. The van der Waals surface area contributed by atoms with E-state index in [-0.39, 0.29) is 6.42 Å². The minimum atomic E-state index is -1.17. The van der Waals surface area contributed by atoms with Crippen LogP contribution in [-0.2, 0) is 20.8 Å². The lowest BCUT2D eigenvalue weighted by atomic mass is 10.0. The number of benzene rings is 1. The number of hydrogen-bond donors (Lipinski definition) is 3. The normalized spacial score (nSPS) is 17.3. The van der Waals surface area contributed by atoms with E-state index in [0.29, 0.717) is 0 Å². The van der Waals surface area contributed by atoms with Crippen LogP contribution >= 0.6 is 0 Å². The zero-order valence-electron chi connectivity index (χ0n) is 13.4. The van der Waals surface area contributed by atoms with E-state index in [1.807, 2.05) is 6.07 Å². The van der Waals surface area contributed by atoms with Gasteiger partial charge in [0.05, 0.1) is 0 Å². The molecule has 1 fully saturated rings. The second-order valence-electron chi connectivity index (χ2n) is 6.05. The summed E-state index contributed by atoms with van der Waals surface area (Å²) in [7, 11) is 0. The van der Waals surface area contributed by atoms with Gasteiger partial charge in [-0.2, -0.15) is 0 Å². The third kappa shape index (κ3) is 3.70. The predicted octanol–water partition coefficient (Wildman–Crippen LogP) is 0.129. The molecule has 3 N–H and O–H groups in total. The SMILES string of the molecule is CC1(C)C(=O)NC(=O)N1CC(=O)N[C@H](Cc1ccccc1)C(=O)O. The minimum absolute atomic E-state index is 0.121. The Labute approximate surface area is 138 Å². The Morgan fingerprint density at radius 1 is 1.25 bits per heavy atom. The number of carboxylic acids is 1. The maximum atomic E-state index is 12.1. The largest absolute Gasteiger partial charge is 0.480 e. The lowest BCUT2D eigenvalue weighted by molar-refractivity contribution is -0.142. The standard InChI is InChI=1S/C16H19N3O5/c1-16(2)14(23)18-15(24)19(16)9-12(20)17-11(13(21)22)8-10-6-4-3-5-7-10/h3-7,11H,8-9H2,1-2H3,(H,17,20)(H,21,22)(H,18,23,24)/t11-/m1/s1. The summed E-state index contributed by atoms with van der Waals surface area (Å²) in [6.45, 7) is 2.63. The smallest absolute Gasteiger partial charge is 0.326 e. The summed E-state index contributed by atoms with van der Waals surface area (Å²) in [5, 5.41) is 13.8. The molecule has 24 heavy (non-hydrogen) atoms. The summed E-state index contributed by atoms with van der Waals surface area (Å²) in [5.74, 6) is -2.32. The maximum Gasteiger partial charge on any atom is 0.326 e. The van der Waals surface area contributed by atoms with Crippen LogP contribution in [0.15, 0.2) is 30.3 Å². The van der Waals surface area contributed by atoms with E-state index in [1.165, 1.54) is 13.8 Å². The number of urea groups is 1. The number of aliphatic carboxylic acids is 1. The maximum absolute atomic E-state index is 12.1. The number of hydrogen-bond acceptors (Lipinski definition) is 4. The first-order chi connectivity index (χ1) is 11.2. The van der Waals surface area contributed by atoms with Crippen molar-refractivity contribution >= 4 is 23.8 Å². The number of nitrogens with zero attached hydrogens (tertiary/aromatic N) is 1. The molecule has 8 heteroatoms. The summed E-state index contributed by atoms with van der Waals surface area (Å²) >= 11 is 0. The summed E-state index contributed by atoms with van der Waals surface area (Å²) in [6.07, 6.45) is 0.121. The van der Waals surface area contributed by atoms with Crippen molar-refractivity contribution in [3.05, 3.63) is 35.9 Å². The van der Waals surface area contributed by atoms with Crippen LogP contribution in [0.1, 0.15) is 19.4 Å². The highest BCUT2D eigenvalue weighted by Crippen LogP contribution is 2.20. The molecule has 8 nitrogen and oxygen atoms in total. The lowest BCUT2D eigenvalue weighted by Gasteiger charge is -2.27. The van der Waals surface area contributed by atoms with Crippen LogP contribution in [-0.4, -0.2) is 51.9 Å². The van der Waals surface area contributed by atoms with Gasteiger partial charge in [-0.25, -0.2) is 9.59 Å². The average molecular weight is 333 g/mol. The van der Waals surface area contributed by atoms with Gasteiger partial charge in [0.1, 0.15) is 18.1 Å². The second-order valence-corrected chi connectivity index (χ2v) is 6.05. The van der Waals surface area contributed by atoms with Crippen LogP contribution < -0.4 is 10.6 Å². The first kappa shape index (κ1) is 17.5. The van der Waals surface area contributed by atoms with Crippen molar-refractivity contribution in [3.8, 4) is 0 Å². The summed E-state index contributed by atoms with van der Waals surface area (Å²) in [4.78, 5) is 48.0. The summed E-state index contributed by atoms with van der Waals surface area (Å²) in [6, 6.07) is 7.09. The van der Waals surface area contributed by atoms with Gasteiger partial charge < -0.3 is 15.3 Å². The van der Waals surface area contributed by atoms with Gasteiger partial charge in [0.15, 0.2) is 0 Å². The van der Waals surface area contributed by atoms with Crippen molar-refractivity contribution in [2.24, 2.45) is 0 Å². The van der Waals surface area contributed by atoms with Gasteiger partial charge in [0.25, 0.3) is 5.91 Å². The topological polar surface area (TPSA) is 116 Å². The molecule has 1 aliphatic heterocycles. The van der Waals surface area contributed by atoms with E-state index in [0.717, 1.165) is 10.5 Å². The van der Waals surface area contributed by atoms with Gasteiger partial charge in [0, 0.05) is 6.42 Å². The number of carbonyl (C=O) groups excluding carboxylic acids is 3. The summed E-state index contributed by atoms with van der Waals surface area (Å²) in [5.41, 5.74) is -0.397. The number of nitrogens with one attached hydrogen (secondary N) is 2. The Hall–Kier alpha value is -2.90. The van der Waals surface area contributed by atoms with Gasteiger partial charge in [0.2, 0.25) is 5.91 Å². The van der Waals surface area contributed by atoms with Gasteiger partial charge in [-0.3, -0.25) is 14.9 Å². The third-order valence-electron chi connectivity index (χ3n) is 3.91. The Balaban J connectivity index is 2.02. The number of imide groups is 1. The molecule has 0 bridgehead atoms. The average Bonchev–Trinajstić information content (AvgIpc) is 2.70. The molecule has 4 amide bonds. The van der Waals surface area contributed by atoms with E-state index < -0.39 is 41.9 Å². The van der Waals surface area contributed by atoms with Gasteiger partial charge in [-0.1, -0.05) is 30.3 Å². The molecule has 1 saturated heterocycles. The molecular formula is C16H19N3O5. The predicted molar refractivity (Wildman–Crippen MR) is 84.0 cm³/mol. The van der Waals surface area contributed by atoms with Gasteiger partial charge >= 0.3 is 12.0 Å². The number of carbonyl (C=O) groups is 4. The van der Waals surface area contributed by atoms with E-state index >= 15 is 0 Å². The Morgan fingerprint density at radius 3 is 2.38 bits per heavy atom. The fraction of sp³-hybridized carbons (Fsp3) is 0.375. The molecule has 0 spiro atoms. The number of amides is 4. The zero-order chi connectivity index (χ0) is 17.9. The van der Waals surface area contributed by atoms with E-state index in [9.17, 15) is 24.3 Å². The highest BCUT2D eigenvalue weighted by Gasteiger charge is 2.46. The molecule has 2 rings (SSSR count). The molecule has 0 radical (unpaired) electrons. The van der Waals surface area contributed by atoms with E-state index in [1.54, 1.807) is 24.3 Å².